The minimum atomic E-state index is -0.931. The predicted molar refractivity (Wildman–Crippen MR) is 98.4 cm³/mol. The van der Waals surface area contributed by atoms with Crippen LogP contribution in [0, 0.1) is 18.6 Å². The summed E-state index contributed by atoms with van der Waals surface area (Å²) in [6.07, 6.45) is 3.08. The van der Waals surface area contributed by atoms with Crippen molar-refractivity contribution >= 4 is 17.2 Å². The third-order valence-electron chi connectivity index (χ3n) is 4.63. The number of nitrogens with zero attached hydrogens (tertiary/aromatic N) is 3. The number of hydrogen-bond donors (Lipinski definition) is 1. The van der Waals surface area contributed by atoms with Crippen LogP contribution in [0.15, 0.2) is 23.6 Å². The van der Waals surface area contributed by atoms with Crippen LogP contribution in [-0.4, -0.2) is 27.2 Å². The van der Waals surface area contributed by atoms with Crippen molar-refractivity contribution in [1.29, 1.82) is 0 Å². The van der Waals surface area contributed by atoms with Gasteiger partial charge in [0.15, 0.2) is 17.3 Å². The number of fused-ring (bicyclic) bond motifs is 1. The minimum absolute atomic E-state index is 0.249. The number of hydrogen-bond acceptors (Lipinski definition) is 4. The zero-order valence-corrected chi connectivity index (χ0v) is 15.6. The molecule has 0 unspecified atom stereocenters. The molecule has 0 atom stereocenters. The number of benzene rings is 1. The second kappa shape index (κ2) is 7.19. The van der Waals surface area contributed by atoms with E-state index < -0.39 is 11.6 Å². The number of amides is 1. The van der Waals surface area contributed by atoms with Crippen molar-refractivity contribution in [3.05, 3.63) is 62.9 Å². The van der Waals surface area contributed by atoms with Gasteiger partial charge in [0.2, 0.25) is 0 Å². The molecule has 0 saturated carbocycles. The third kappa shape index (κ3) is 3.49. The first-order chi connectivity index (χ1) is 13.0. The van der Waals surface area contributed by atoms with Crippen molar-refractivity contribution in [2.45, 2.75) is 32.6 Å². The zero-order valence-electron chi connectivity index (χ0n) is 14.8. The molecule has 2 aromatic heterocycles. The highest BCUT2D eigenvalue weighted by molar-refractivity contribution is 7.09. The second-order valence-electron chi connectivity index (χ2n) is 6.50. The summed E-state index contributed by atoms with van der Waals surface area (Å²) in [6.45, 7) is 2.41. The number of rotatable bonds is 5. The largest absolute Gasteiger partial charge is 0.350 e. The Balaban J connectivity index is 1.54. The number of nitrogens with one attached hydrogen (secondary N) is 1. The Kier molecular flexibility index (Phi) is 4.73. The molecule has 3 aromatic rings. The maximum absolute atomic E-state index is 13.6. The molecule has 27 heavy (non-hydrogen) atoms. The number of carbonyl (C=O) groups excluding carboxylic acids is 1. The Morgan fingerprint density at radius 3 is 2.89 bits per heavy atom. The second-order valence-corrected chi connectivity index (χ2v) is 7.56. The summed E-state index contributed by atoms with van der Waals surface area (Å²) in [6, 6.07) is 3.65. The lowest BCUT2D eigenvalue weighted by Gasteiger charge is -2.06. The van der Waals surface area contributed by atoms with Gasteiger partial charge in [-0.3, -0.25) is 4.79 Å². The lowest BCUT2D eigenvalue weighted by atomic mass is 10.2. The van der Waals surface area contributed by atoms with Gasteiger partial charge in [0, 0.05) is 35.7 Å². The van der Waals surface area contributed by atoms with E-state index in [-0.39, 0.29) is 5.91 Å². The third-order valence-corrected chi connectivity index (χ3v) is 5.45. The highest BCUT2D eigenvalue weighted by Crippen LogP contribution is 2.28. The standard InChI is InChI=1S/C19H18F2N4OS/c1-11-23-12(10-27-11)7-8-22-19(26)18-14-3-2-4-17(14)25(24-18)13-5-6-15(20)16(21)9-13/h5-6,9-10H,2-4,7-8H2,1H3,(H,22,26). The SMILES string of the molecule is Cc1nc(CCNC(=O)c2nn(-c3ccc(F)c(F)c3)c3c2CCC3)cs1. The summed E-state index contributed by atoms with van der Waals surface area (Å²) in [5, 5.41) is 10.3. The van der Waals surface area contributed by atoms with Crippen molar-refractivity contribution in [2.75, 3.05) is 6.54 Å². The van der Waals surface area contributed by atoms with Crippen LogP contribution < -0.4 is 5.32 Å². The van der Waals surface area contributed by atoms with E-state index in [0.717, 1.165) is 53.4 Å². The molecule has 0 bridgehead atoms. The molecule has 0 radical (unpaired) electrons. The van der Waals surface area contributed by atoms with Crippen LogP contribution in [0.5, 0.6) is 0 Å². The molecule has 8 heteroatoms. The van der Waals surface area contributed by atoms with Crippen LogP contribution in [0.4, 0.5) is 8.78 Å². The molecule has 1 amide bonds. The van der Waals surface area contributed by atoms with Gasteiger partial charge in [-0.2, -0.15) is 5.10 Å². The van der Waals surface area contributed by atoms with Crippen LogP contribution in [0.2, 0.25) is 0 Å². The first-order valence-corrected chi connectivity index (χ1v) is 9.66. The van der Waals surface area contributed by atoms with Gasteiger partial charge in [-0.15, -0.1) is 11.3 Å². The molecule has 0 fully saturated rings. The van der Waals surface area contributed by atoms with Crippen LogP contribution in [0.1, 0.15) is 38.9 Å². The fourth-order valence-corrected chi connectivity index (χ4v) is 4.01. The van der Waals surface area contributed by atoms with Crippen LogP contribution >= 0.6 is 11.3 Å². The molecule has 1 aliphatic rings. The molecule has 140 valence electrons. The monoisotopic (exact) mass is 388 g/mol. The molecular weight excluding hydrogens is 370 g/mol. The summed E-state index contributed by atoms with van der Waals surface area (Å²) < 4.78 is 28.4. The zero-order chi connectivity index (χ0) is 19.0. The average molecular weight is 388 g/mol. The van der Waals surface area contributed by atoms with Crippen LogP contribution in [0.3, 0.4) is 0 Å². The topological polar surface area (TPSA) is 59.8 Å². The van der Waals surface area contributed by atoms with Gasteiger partial charge in [-0.1, -0.05) is 0 Å². The van der Waals surface area contributed by atoms with E-state index in [4.69, 9.17) is 0 Å². The Morgan fingerprint density at radius 2 is 2.15 bits per heavy atom. The Bertz CT molecular complexity index is 1010. The number of aromatic nitrogens is 3. The molecule has 0 saturated heterocycles. The fraction of sp³-hybridized carbons (Fsp3) is 0.316. The lowest BCUT2D eigenvalue weighted by molar-refractivity contribution is 0.0947. The number of carbonyl (C=O) groups is 1. The predicted octanol–water partition coefficient (Wildman–Crippen LogP) is 3.38. The Hall–Kier alpha value is -2.61. The number of aryl methyl sites for hydroxylation is 1. The highest BCUT2D eigenvalue weighted by Gasteiger charge is 2.27. The molecule has 2 heterocycles. The van der Waals surface area contributed by atoms with Crippen LogP contribution in [0.25, 0.3) is 5.69 Å². The maximum atomic E-state index is 13.6. The van der Waals surface area contributed by atoms with Crippen LogP contribution in [-0.2, 0) is 19.3 Å². The summed E-state index contributed by atoms with van der Waals surface area (Å²) in [5.74, 6) is -2.08. The van der Waals surface area contributed by atoms with E-state index in [2.05, 4.69) is 15.4 Å². The number of thiazole rings is 1. The molecule has 0 spiro atoms. The van der Waals surface area contributed by atoms with Gasteiger partial charge in [0.05, 0.1) is 16.4 Å². The first kappa shape index (κ1) is 17.8. The molecule has 1 aromatic carbocycles. The fourth-order valence-electron chi connectivity index (χ4n) is 3.36. The van der Waals surface area contributed by atoms with E-state index in [0.29, 0.717) is 24.3 Å². The van der Waals surface area contributed by atoms with E-state index in [1.807, 2.05) is 12.3 Å². The molecule has 1 N–H and O–H groups in total. The molecule has 0 aliphatic heterocycles. The average Bonchev–Trinajstić information content (AvgIpc) is 3.34. The highest BCUT2D eigenvalue weighted by atomic mass is 32.1. The first-order valence-electron chi connectivity index (χ1n) is 8.78. The van der Waals surface area contributed by atoms with Gasteiger partial charge in [0.1, 0.15) is 0 Å². The van der Waals surface area contributed by atoms with Gasteiger partial charge in [-0.25, -0.2) is 18.4 Å². The summed E-state index contributed by atoms with van der Waals surface area (Å²) >= 11 is 1.58. The van der Waals surface area contributed by atoms with E-state index >= 15 is 0 Å². The van der Waals surface area contributed by atoms with Gasteiger partial charge < -0.3 is 5.32 Å². The van der Waals surface area contributed by atoms with Crippen molar-refractivity contribution in [1.82, 2.24) is 20.1 Å². The van der Waals surface area contributed by atoms with E-state index in [9.17, 15) is 13.6 Å². The van der Waals surface area contributed by atoms with Gasteiger partial charge >= 0.3 is 0 Å². The van der Waals surface area contributed by atoms with E-state index in [1.54, 1.807) is 16.0 Å². The van der Waals surface area contributed by atoms with Gasteiger partial charge in [-0.05, 0) is 38.3 Å². The normalized spacial score (nSPS) is 13.0. The van der Waals surface area contributed by atoms with Gasteiger partial charge in [0.25, 0.3) is 5.91 Å². The maximum Gasteiger partial charge on any atom is 0.272 e. The molecule has 1 aliphatic carbocycles. The summed E-state index contributed by atoms with van der Waals surface area (Å²) in [4.78, 5) is 17.0. The summed E-state index contributed by atoms with van der Waals surface area (Å²) in [7, 11) is 0. The van der Waals surface area contributed by atoms with E-state index in [1.165, 1.54) is 6.07 Å². The molecule has 4 rings (SSSR count). The minimum Gasteiger partial charge on any atom is -0.350 e. The van der Waals surface area contributed by atoms with Crippen molar-refractivity contribution in [2.24, 2.45) is 0 Å². The number of halogens is 2. The molecule has 5 nitrogen and oxygen atoms in total. The lowest BCUT2D eigenvalue weighted by Crippen LogP contribution is -2.27. The van der Waals surface area contributed by atoms with Crippen molar-refractivity contribution < 1.29 is 13.6 Å². The van der Waals surface area contributed by atoms with Crippen molar-refractivity contribution in [3.63, 3.8) is 0 Å². The summed E-state index contributed by atoms with van der Waals surface area (Å²) in [5.41, 5.74) is 3.52. The van der Waals surface area contributed by atoms with Crippen molar-refractivity contribution in [3.8, 4) is 5.69 Å². The quantitative estimate of drug-likeness (QED) is 0.729. The smallest absolute Gasteiger partial charge is 0.272 e. The molecular formula is C19H18F2N4OS. The Labute approximate surface area is 159 Å². The Morgan fingerprint density at radius 1 is 1.30 bits per heavy atom.